The lowest BCUT2D eigenvalue weighted by Gasteiger charge is -2.12. The Labute approximate surface area is 162 Å². The average molecular weight is 380 g/mol. The first-order valence-corrected chi connectivity index (χ1v) is 8.66. The Kier molecular flexibility index (Phi) is 5.74. The Morgan fingerprint density at radius 1 is 1.11 bits per heavy atom. The summed E-state index contributed by atoms with van der Waals surface area (Å²) >= 11 is 0. The number of carbonyl (C=O) groups is 3. The van der Waals surface area contributed by atoms with Gasteiger partial charge in [-0.25, -0.2) is 9.59 Å². The van der Waals surface area contributed by atoms with Crippen LogP contribution in [0.25, 0.3) is 6.08 Å². The van der Waals surface area contributed by atoms with Crippen molar-refractivity contribution in [2.75, 3.05) is 13.7 Å². The van der Waals surface area contributed by atoms with E-state index in [0.717, 1.165) is 16.0 Å². The fourth-order valence-corrected chi connectivity index (χ4v) is 2.67. The SMILES string of the molecule is COC(=O)COc1ccccc1/C=C1/NC(=O)N(Cc2ccc(C)cc2)C1=O. The lowest BCUT2D eigenvalue weighted by molar-refractivity contribution is -0.142. The molecule has 0 aliphatic carbocycles. The first-order chi connectivity index (χ1) is 13.5. The van der Waals surface area contributed by atoms with Gasteiger partial charge in [-0.1, -0.05) is 48.0 Å². The number of urea groups is 1. The third-order valence-electron chi connectivity index (χ3n) is 4.22. The Balaban J connectivity index is 1.78. The van der Waals surface area contributed by atoms with Gasteiger partial charge in [-0.3, -0.25) is 9.69 Å². The first-order valence-electron chi connectivity index (χ1n) is 8.66. The van der Waals surface area contributed by atoms with Crippen LogP contribution in [0.15, 0.2) is 54.2 Å². The molecular formula is C21H20N2O5. The van der Waals surface area contributed by atoms with Crippen molar-refractivity contribution in [3.8, 4) is 5.75 Å². The van der Waals surface area contributed by atoms with Crippen molar-refractivity contribution in [1.82, 2.24) is 10.2 Å². The molecular weight excluding hydrogens is 360 g/mol. The van der Waals surface area contributed by atoms with E-state index >= 15 is 0 Å². The number of hydrogen-bond donors (Lipinski definition) is 1. The van der Waals surface area contributed by atoms with Crippen molar-refractivity contribution in [1.29, 1.82) is 0 Å². The molecule has 3 rings (SSSR count). The highest BCUT2D eigenvalue weighted by Gasteiger charge is 2.33. The van der Waals surface area contributed by atoms with E-state index in [1.807, 2.05) is 31.2 Å². The number of esters is 1. The highest BCUT2D eigenvalue weighted by Crippen LogP contribution is 2.23. The van der Waals surface area contributed by atoms with Crippen molar-refractivity contribution in [2.24, 2.45) is 0 Å². The van der Waals surface area contributed by atoms with Crippen LogP contribution in [0.3, 0.4) is 0 Å². The van der Waals surface area contributed by atoms with E-state index < -0.39 is 17.9 Å². The minimum atomic E-state index is -0.517. The van der Waals surface area contributed by atoms with Gasteiger partial charge >= 0.3 is 12.0 Å². The highest BCUT2D eigenvalue weighted by atomic mass is 16.6. The summed E-state index contributed by atoms with van der Waals surface area (Å²) in [7, 11) is 1.27. The molecule has 28 heavy (non-hydrogen) atoms. The smallest absolute Gasteiger partial charge is 0.343 e. The average Bonchev–Trinajstić information content (AvgIpc) is 2.96. The van der Waals surface area contributed by atoms with Crippen molar-refractivity contribution in [3.63, 3.8) is 0 Å². The molecule has 0 radical (unpaired) electrons. The van der Waals surface area contributed by atoms with E-state index in [1.165, 1.54) is 13.2 Å². The minimum absolute atomic E-state index is 0.145. The second kappa shape index (κ2) is 8.39. The number of amides is 3. The van der Waals surface area contributed by atoms with Gasteiger partial charge in [-0.2, -0.15) is 0 Å². The van der Waals surface area contributed by atoms with E-state index in [0.29, 0.717) is 11.3 Å². The molecule has 0 aromatic heterocycles. The molecule has 1 aliphatic heterocycles. The summed E-state index contributed by atoms with van der Waals surface area (Å²) in [6.45, 7) is 1.90. The van der Waals surface area contributed by atoms with Crippen molar-refractivity contribution < 1.29 is 23.9 Å². The van der Waals surface area contributed by atoms with Gasteiger partial charge in [-0.05, 0) is 24.6 Å². The molecule has 144 valence electrons. The second-order valence-corrected chi connectivity index (χ2v) is 6.27. The van der Waals surface area contributed by atoms with E-state index in [9.17, 15) is 14.4 Å². The van der Waals surface area contributed by atoms with Crippen LogP contribution in [0.4, 0.5) is 4.79 Å². The van der Waals surface area contributed by atoms with Crippen LogP contribution >= 0.6 is 0 Å². The van der Waals surface area contributed by atoms with Crippen LogP contribution in [0.2, 0.25) is 0 Å². The van der Waals surface area contributed by atoms with Crippen molar-refractivity contribution in [2.45, 2.75) is 13.5 Å². The molecule has 0 spiro atoms. The number of nitrogens with zero attached hydrogens (tertiary/aromatic N) is 1. The van der Waals surface area contributed by atoms with Crippen LogP contribution < -0.4 is 10.1 Å². The Morgan fingerprint density at radius 2 is 1.82 bits per heavy atom. The molecule has 0 saturated carbocycles. The summed E-state index contributed by atoms with van der Waals surface area (Å²) < 4.78 is 10.00. The highest BCUT2D eigenvalue weighted by molar-refractivity contribution is 6.14. The summed E-state index contributed by atoms with van der Waals surface area (Å²) in [5.74, 6) is -0.537. The van der Waals surface area contributed by atoms with Gasteiger partial charge in [0.1, 0.15) is 11.4 Å². The van der Waals surface area contributed by atoms with Crippen LogP contribution in [0.1, 0.15) is 16.7 Å². The van der Waals surface area contributed by atoms with Crippen LogP contribution in [0.5, 0.6) is 5.75 Å². The number of carbonyl (C=O) groups excluding carboxylic acids is 3. The van der Waals surface area contributed by atoms with Gasteiger partial charge in [0.25, 0.3) is 5.91 Å². The van der Waals surface area contributed by atoms with E-state index in [2.05, 4.69) is 10.1 Å². The summed E-state index contributed by atoms with van der Waals surface area (Å²) in [6, 6.07) is 14.0. The first kappa shape index (κ1) is 19.2. The Bertz CT molecular complexity index is 934. The third-order valence-corrected chi connectivity index (χ3v) is 4.22. The van der Waals surface area contributed by atoms with Gasteiger partial charge < -0.3 is 14.8 Å². The molecule has 1 fully saturated rings. The van der Waals surface area contributed by atoms with Gasteiger partial charge in [0.2, 0.25) is 0 Å². The molecule has 2 aromatic rings. The number of ether oxygens (including phenoxy) is 2. The number of methoxy groups -OCH3 is 1. The van der Waals surface area contributed by atoms with Crippen molar-refractivity contribution in [3.05, 3.63) is 70.9 Å². The normalized spacial score (nSPS) is 14.9. The monoisotopic (exact) mass is 380 g/mol. The topological polar surface area (TPSA) is 84.9 Å². The number of benzene rings is 2. The Morgan fingerprint density at radius 3 is 2.54 bits per heavy atom. The number of imide groups is 1. The van der Waals surface area contributed by atoms with Gasteiger partial charge in [0, 0.05) is 5.56 Å². The molecule has 0 bridgehead atoms. The zero-order valence-electron chi connectivity index (χ0n) is 15.6. The number of nitrogens with one attached hydrogen (secondary N) is 1. The standard InChI is InChI=1S/C21H20N2O5/c1-14-7-9-15(10-8-14)12-23-20(25)17(22-21(23)26)11-16-5-3-4-6-18(16)28-13-19(24)27-2/h3-11H,12-13H2,1-2H3,(H,22,26)/b17-11+. The predicted octanol–water partition coefficient (Wildman–Crippen LogP) is 2.64. The molecule has 1 N–H and O–H groups in total. The molecule has 1 aliphatic rings. The molecule has 0 unspecified atom stereocenters. The maximum Gasteiger partial charge on any atom is 0.343 e. The van der Waals surface area contributed by atoms with Crippen LogP contribution in [-0.2, 0) is 20.9 Å². The Hall–Kier alpha value is -3.61. The van der Waals surface area contributed by atoms with Crippen LogP contribution in [-0.4, -0.2) is 36.5 Å². The quantitative estimate of drug-likeness (QED) is 0.473. The largest absolute Gasteiger partial charge is 0.481 e. The fraction of sp³-hybridized carbons (Fsp3) is 0.190. The summed E-state index contributed by atoms with van der Waals surface area (Å²) in [5, 5.41) is 2.59. The number of hydrogen-bond acceptors (Lipinski definition) is 5. The zero-order valence-corrected chi connectivity index (χ0v) is 15.6. The molecule has 7 heteroatoms. The van der Waals surface area contributed by atoms with Crippen molar-refractivity contribution >= 4 is 24.0 Å². The number of para-hydroxylation sites is 1. The maximum atomic E-state index is 12.7. The zero-order chi connectivity index (χ0) is 20.1. The summed E-state index contributed by atoms with van der Waals surface area (Å²) in [6.07, 6.45) is 1.53. The predicted molar refractivity (Wildman–Crippen MR) is 102 cm³/mol. The molecule has 3 amide bonds. The second-order valence-electron chi connectivity index (χ2n) is 6.27. The maximum absolute atomic E-state index is 12.7. The van der Waals surface area contributed by atoms with Gasteiger partial charge in [-0.15, -0.1) is 0 Å². The summed E-state index contributed by atoms with van der Waals surface area (Å²) in [4.78, 5) is 37.4. The lowest BCUT2D eigenvalue weighted by Crippen LogP contribution is -2.30. The molecule has 2 aromatic carbocycles. The molecule has 1 saturated heterocycles. The molecule has 0 atom stereocenters. The van der Waals surface area contributed by atoms with E-state index in [4.69, 9.17) is 4.74 Å². The van der Waals surface area contributed by atoms with Gasteiger partial charge in [0.15, 0.2) is 6.61 Å². The molecule has 1 heterocycles. The molecule has 7 nitrogen and oxygen atoms in total. The van der Waals surface area contributed by atoms with Crippen LogP contribution in [0, 0.1) is 6.92 Å². The number of aryl methyl sites for hydroxylation is 1. The summed E-state index contributed by atoms with van der Waals surface area (Å²) in [5.41, 5.74) is 2.67. The van der Waals surface area contributed by atoms with E-state index in [1.54, 1.807) is 24.3 Å². The van der Waals surface area contributed by atoms with Gasteiger partial charge in [0.05, 0.1) is 13.7 Å². The number of rotatable bonds is 6. The fourth-order valence-electron chi connectivity index (χ4n) is 2.67. The third kappa shape index (κ3) is 4.37. The lowest BCUT2D eigenvalue weighted by atomic mass is 10.1. The minimum Gasteiger partial charge on any atom is -0.481 e. The van der Waals surface area contributed by atoms with E-state index in [-0.39, 0.29) is 18.8 Å².